The molecule has 2 aromatic carbocycles. The number of hydrogen-bond acceptors (Lipinski definition) is 8. The average molecular weight is 486 g/mol. The molecule has 0 bridgehead atoms. The van der Waals surface area contributed by atoms with Gasteiger partial charge in [-0.3, -0.25) is 20.5 Å². The van der Waals surface area contributed by atoms with Crippen LogP contribution in [-0.2, 0) is 9.53 Å². The Bertz CT molecular complexity index is 1280. The fourth-order valence-electron chi connectivity index (χ4n) is 2.67. The number of benzene rings is 2. The molecule has 2 N–H and O–H groups in total. The summed E-state index contributed by atoms with van der Waals surface area (Å²) in [6.07, 6.45) is -0.988. The molecule has 168 valence electrons. The van der Waals surface area contributed by atoms with E-state index in [4.69, 9.17) is 33.2 Å². The van der Waals surface area contributed by atoms with Gasteiger partial charge in [0.1, 0.15) is 11.8 Å². The standard InChI is InChI=1S/C22H17Cl2N5O4/c1-3-32-22(31)27-21(30)19(11-25)29-28-14-9-16(23)20(17(24)10-14)33-15-6-7-18-13(8-15)5-4-12(2)26-18/h4-10,28H,3H2,1-2H3,(H,27,30,31). The van der Waals surface area contributed by atoms with Crippen LogP contribution in [0.2, 0.25) is 10.0 Å². The van der Waals surface area contributed by atoms with Crippen LogP contribution in [0.25, 0.3) is 10.9 Å². The zero-order valence-electron chi connectivity index (χ0n) is 17.5. The first-order valence-corrected chi connectivity index (χ1v) is 10.3. The lowest BCUT2D eigenvalue weighted by Gasteiger charge is -2.12. The number of nitriles is 1. The molecule has 0 saturated heterocycles. The molecule has 1 heterocycles. The summed E-state index contributed by atoms with van der Waals surface area (Å²) >= 11 is 12.6. The van der Waals surface area contributed by atoms with Gasteiger partial charge in [0.25, 0.3) is 5.91 Å². The third kappa shape index (κ3) is 6.10. The molecule has 33 heavy (non-hydrogen) atoms. The molecule has 11 heteroatoms. The molecule has 0 atom stereocenters. The van der Waals surface area contributed by atoms with Gasteiger partial charge in [-0.1, -0.05) is 29.3 Å². The minimum atomic E-state index is -1.03. The molecule has 3 aromatic rings. The van der Waals surface area contributed by atoms with Crippen molar-refractivity contribution in [1.82, 2.24) is 10.3 Å². The molecule has 0 aliphatic carbocycles. The predicted octanol–water partition coefficient (Wildman–Crippen LogP) is 5.21. The highest BCUT2D eigenvalue weighted by Crippen LogP contribution is 2.39. The second-order valence-corrected chi connectivity index (χ2v) is 7.35. The van der Waals surface area contributed by atoms with Crippen molar-refractivity contribution in [3.8, 4) is 17.6 Å². The van der Waals surface area contributed by atoms with Crippen molar-refractivity contribution in [2.45, 2.75) is 13.8 Å². The number of ether oxygens (including phenoxy) is 2. The Balaban J connectivity index is 1.76. The second-order valence-electron chi connectivity index (χ2n) is 6.54. The molecule has 0 aliphatic rings. The van der Waals surface area contributed by atoms with E-state index in [1.807, 2.05) is 36.5 Å². The van der Waals surface area contributed by atoms with Crippen LogP contribution < -0.4 is 15.5 Å². The van der Waals surface area contributed by atoms with E-state index in [-0.39, 0.29) is 28.1 Å². The number of amides is 2. The molecule has 0 fully saturated rings. The maximum Gasteiger partial charge on any atom is 0.414 e. The van der Waals surface area contributed by atoms with Gasteiger partial charge in [-0.25, -0.2) is 4.79 Å². The van der Waals surface area contributed by atoms with Crippen LogP contribution in [0, 0.1) is 18.3 Å². The number of pyridine rings is 1. The first kappa shape index (κ1) is 23.8. The molecule has 2 amide bonds. The molecule has 9 nitrogen and oxygen atoms in total. The zero-order valence-corrected chi connectivity index (χ0v) is 19.0. The highest BCUT2D eigenvalue weighted by molar-refractivity contribution is 6.47. The minimum Gasteiger partial charge on any atom is -0.454 e. The highest BCUT2D eigenvalue weighted by Gasteiger charge is 2.16. The number of nitrogens with zero attached hydrogens (tertiary/aromatic N) is 3. The van der Waals surface area contributed by atoms with Gasteiger partial charge in [-0.05, 0) is 50.2 Å². The van der Waals surface area contributed by atoms with Crippen LogP contribution in [0.3, 0.4) is 0 Å². The average Bonchev–Trinajstić information content (AvgIpc) is 2.76. The van der Waals surface area contributed by atoms with E-state index >= 15 is 0 Å². The van der Waals surface area contributed by atoms with E-state index in [9.17, 15) is 9.59 Å². The number of anilines is 1. The van der Waals surface area contributed by atoms with Gasteiger partial charge < -0.3 is 9.47 Å². The third-order valence-corrected chi connectivity index (χ3v) is 4.69. The Morgan fingerprint density at radius 1 is 1.15 bits per heavy atom. The largest absolute Gasteiger partial charge is 0.454 e. The Labute approximate surface area is 198 Å². The van der Waals surface area contributed by atoms with Gasteiger partial charge >= 0.3 is 6.09 Å². The Hall–Kier alpha value is -3.87. The first-order chi connectivity index (χ1) is 15.8. The fourth-order valence-corrected chi connectivity index (χ4v) is 3.24. The number of rotatable bonds is 6. The molecular formula is C22H17Cl2N5O4. The number of alkyl carbamates (subject to hydrolysis) is 1. The van der Waals surface area contributed by atoms with Crippen molar-refractivity contribution in [3.63, 3.8) is 0 Å². The molecule has 0 saturated carbocycles. The van der Waals surface area contributed by atoms with E-state index in [0.717, 1.165) is 16.6 Å². The number of nitrogens with one attached hydrogen (secondary N) is 2. The maximum absolute atomic E-state index is 11.9. The van der Waals surface area contributed by atoms with Gasteiger partial charge in [0.2, 0.25) is 5.71 Å². The fraction of sp³-hybridized carbons (Fsp3) is 0.136. The van der Waals surface area contributed by atoms with Crippen molar-refractivity contribution in [2.24, 2.45) is 5.10 Å². The quantitative estimate of drug-likeness (QED) is 0.362. The van der Waals surface area contributed by atoms with Crippen LogP contribution in [0.15, 0.2) is 47.6 Å². The number of carbonyl (C=O) groups is 2. The van der Waals surface area contributed by atoms with Crippen molar-refractivity contribution < 1.29 is 19.1 Å². The minimum absolute atomic E-state index is 0.0670. The van der Waals surface area contributed by atoms with Crippen molar-refractivity contribution in [2.75, 3.05) is 12.0 Å². The van der Waals surface area contributed by atoms with Gasteiger partial charge in [0, 0.05) is 11.1 Å². The normalized spacial score (nSPS) is 10.9. The lowest BCUT2D eigenvalue weighted by Crippen LogP contribution is -2.36. The van der Waals surface area contributed by atoms with Crippen LogP contribution in [0.4, 0.5) is 10.5 Å². The van der Waals surface area contributed by atoms with Crippen molar-refractivity contribution >= 4 is 57.5 Å². The second kappa shape index (κ2) is 10.6. The SMILES string of the molecule is CCOC(=O)NC(=O)C(C#N)=NNc1cc(Cl)c(Oc2ccc3nc(C)ccc3c2)c(Cl)c1. The zero-order chi connectivity index (χ0) is 24.0. The summed E-state index contributed by atoms with van der Waals surface area (Å²) in [5.41, 5.74) is 3.93. The first-order valence-electron chi connectivity index (χ1n) is 9.57. The van der Waals surface area contributed by atoms with Gasteiger partial charge in [-0.2, -0.15) is 10.4 Å². The number of fused-ring (bicyclic) bond motifs is 1. The highest BCUT2D eigenvalue weighted by atomic mass is 35.5. The number of carbonyl (C=O) groups excluding carboxylic acids is 2. The molecule has 1 aromatic heterocycles. The van der Waals surface area contributed by atoms with E-state index < -0.39 is 17.7 Å². The van der Waals surface area contributed by atoms with Crippen molar-refractivity contribution in [3.05, 3.63) is 58.2 Å². The van der Waals surface area contributed by atoms with Gasteiger partial charge in [0.05, 0.1) is 27.9 Å². The molecule has 0 aliphatic heterocycles. The number of aryl methyl sites for hydroxylation is 1. The van der Waals surface area contributed by atoms with Crippen LogP contribution in [0.1, 0.15) is 12.6 Å². The topological polar surface area (TPSA) is 126 Å². The van der Waals surface area contributed by atoms with Gasteiger partial charge in [-0.15, -0.1) is 0 Å². The Morgan fingerprint density at radius 3 is 2.55 bits per heavy atom. The summed E-state index contributed by atoms with van der Waals surface area (Å²) in [4.78, 5) is 27.7. The molecule has 0 spiro atoms. The molecule has 0 radical (unpaired) electrons. The summed E-state index contributed by atoms with van der Waals surface area (Å²) in [5, 5.41) is 15.9. The smallest absolute Gasteiger partial charge is 0.414 e. The van der Waals surface area contributed by atoms with Crippen molar-refractivity contribution in [1.29, 1.82) is 5.26 Å². The van der Waals surface area contributed by atoms with E-state index in [1.54, 1.807) is 19.1 Å². The summed E-state index contributed by atoms with van der Waals surface area (Å²) in [6.45, 7) is 3.55. The van der Waals surface area contributed by atoms with E-state index in [2.05, 4.69) is 20.2 Å². The number of hydrazone groups is 1. The van der Waals surface area contributed by atoms with Gasteiger partial charge in [0.15, 0.2) is 5.75 Å². The Kier molecular flexibility index (Phi) is 7.66. The lowest BCUT2D eigenvalue weighted by atomic mass is 10.2. The summed E-state index contributed by atoms with van der Waals surface area (Å²) in [5.74, 6) is -0.299. The van der Waals surface area contributed by atoms with Crippen LogP contribution >= 0.6 is 23.2 Å². The molecule has 0 unspecified atom stereocenters. The van der Waals surface area contributed by atoms with E-state index in [0.29, 0.717) is 5.75 Å². The molecular weight excluding hydrogens is 469 g/mol. The number of aromatic nitrogens is 1. The summed E-state index contributed by atoms with van der Waals surface area (Å²) in [7, 11) is 0. The van der Waals surface area contributed by atoms with E-state index in [1.165, 1.54) is 12.1 Å². The maximum atomic E-state index is 11.9. The lowest BCUT2D eigenvalue weighted by molar-refractivity contribution is -0.114. The van der Waals surface area contributed by atoms with Crippen LogP contribution in [-0.4, -0.2) is 29.3 Å². The van der Waals surface area contributed by atoms with Crippen LogP contribution in [0.5, 0.6) is 11.5 Å². The predicted molar refractivity (Wildman–Crippen MR) is 125 cm³/mol. The summed E-state index contributed by atoms with van der Waals surface area (Å²) in [6, 6.07) is 13.7. The number of hydrogen-bond donors (Lipinski definition) is 2. The monoisotopic (exact) mass is 485 g/mol. The molecule has 3 rings (SSSR count). The third-order valence-electron chi connectivity index (χ3n) is 4.13. The number of halogens is 2. The Morgan fingerprint density at radius 2 is 1.88 bits per heavy atom. The number of imide groups is 1. The summed E-state index contributed by atoms with van der Waals surface area (Å²) < 4.78 is 10.4.